The molecule has 2 rings (SSSR count). The third kappa shape index (κ3) is 6.22. The van der Waals surface area contributed by atoms with Crippen LogP contribution in [0.3, 0.4) is 0 Å². The number of Topliss-reactive ketones (excluding diaryl/α,β-unsaturated/α-hetero) is 1. The predicted molar refractivity (Wildman–Crippen MR) is 97.7 cm³/mol. The second-order valence-corrected chi connectivity index (χ2v) is 6.89. The topological polar surface area (TPSA) is 105 Å². The number of amides is 2. The molecule has 1 aliphatic rings. The Morgan fingerprint density at radius 3 is 2.92 bits per heavy atom. The highest BCUT2D eigenvalue weighted by molar-refractivity contribution is 5.93. The smallest absolute Gasteiger partial charge is 0.224 e. The van der Waals surface area contributed by atoms with Gasteiger partial charge >= 0.3 is 0 Å². The lowest BCUT2D eigenvalue weighted by molar-refractivity contribution is -0.126. The number of hydrogen-bond acceptors (Lipinski definition) is 5. The number of carbonyl (C=O) groups is 3. The number of likely N-dealkylation sites (tertiary alicyclic amines) is 1. The normalized spacial score (nSPS) is 19.6. The molecule has 1 unspecified atom stereocenters. The van der Waals surface area contributed by atoms with Gasteiger partial charge in [-0.1, -0.05) is 13.0 Å². The first kappa shape index (κ1) is 20.0. The molecule has 7 nitrogen and oxygen atoms in total. The third-order valence-electron chi connectivity index (χ3n) is 4.53. The Morgan fingerprint density at radius 2 is 2.23 bits per heavy atom. The Balaban J connectivity index is 1.84. The van der Waals surface area contributed by atoms with E-state index in [9.17, 15) is 14.4 Å². The molecule has 2 heterocycles. The van der Waals surface area contributed by atoms with Crippen LogP contribution in [0.5, 0.6) is 0 Å². The van der Waals surface area contributed by atoms with Crippen molar-refractivity contribution in [1.29, 1.82) is 0 Å². The van der Waals surface area contributed by atoms with Crippen LogP contribution < -0.4 is 11.1 Å². The van der Waals surface area contributed by atoms with Gasteiger partial charge in [0.15, 0.2) is 5.78 Å². The number of aromatic nitrogens is 1. The number of pyridine rings is 1. The molecule has 1 aromatic heterocycles. The van der Waals surface area contributed by atoms with Gasteiger partial charge in [0.2, 0.25) is 11.8 Å². The molecule has 0 spiro atoms. The van der Waals surface area contributed by atoms with Crippen LogP contribution in [0.25, 0.3) is 0 Å². The second kappa shape index (κ2) is 9.43. The van der Waals surface area contributed by atoms with E-state index in [1.807, 2.05) is 25.1 Å². The lowest BCUT2D eigenvalue weighted by Crippen LogP contribution is -2.43. The standard InChI is InChI=1S/C19H27N4O3/c1-13(19(20)26)8-9-18(25)22-16-7-4-10-23(12-17(16)24)11-15-6-3-5-14(2)21-15/h3,5-6,9,13,16H,4,7-8,10-12H2,1-2H3,(H2,20,26)(H,22,25)/t13?,16-/m0/s1. The summed E-state index contributed by atoms with van der Waals surface area (Å²) in [7, 11) is 0. The number of aryl methyl sites for hydroxylation is 1. The summed E-state index contributed by atoms with van der Waals surface area (Å²) < 4.78 is 0. The Hall–Kier alpha value is -2.28. The third-order valence-corrected chi connectivity index (χ3v) is 4.53. The van der Waals surface area contributed by atoms with Gasteiger partial charge in [-0.3, -0.25) is 24.3 Å². The fourth-order valence-corrected chi connectivity index (χ4v) is 2.92. The predicted octanol–water partition coefficient (Wildman–Crippen LogP) is 0.756. The molecule has 2 amide bonds. The molecule has 141 valence electrons. The van der Waals surface area contributed by atoms with E-state index in [1.54, 1.807) is 6.92 Å². The van der Waals surface area contributed by atoms with Crippen molar-refractivity contribution in [2.24, 2.45) is 11.7 Å². The van der Waals surface area contributed by atoms with Gasteiger partial charge in [0.25, 0.3) is 0 Å². The lowest BCUT2D eigenvalue weighted by atomic mass is 10.0. The largest absolute Gasteiger partial charge is 0.369 e. The minimum Gasteiger partial charge on any atom is -0.369 e. The monoisotopic (exact) mass is 359 g/mol. The summed E-state index contributed by atoms with van der Waals surface area (Å²) >= 11 is 0. The minimum atomic E-state index is -0.488. The average molecular weight is 359 g/mol. The van der Waals surface area contributed by atoms with Gasteiger partial charge in [0, 0.05) is 18.2 Å². The lowest BCUT2D eigenvalue weighted by Gasteiger charge is -2.19. The SMILES string of the molecule is Cc1cccc(CN2CCC[C@H](NC(=O)[CH]CC(C)C(N)=O)C(=O)C2)n1. The number of primary amides is 1. The Kier molecular flexibility index (Phi) is 7.26. The van der Waals surface area contributed by atoms with Crippen molar-refractivity contribution in [3.63, 3.8) is 0 Å². The number of hydrogen-bond donors (Lipinski definition) is 2. The summed E-state index contributed by atoms with van der Waals surface area (Å²) in [6, 6.07) is 5.37. The van der Waals surface area contributed by atoms with E-state index < -0.39 is 17.9 Å². The molecule has 1 radical (unpaired) electrons. The van der Waals surface area contributed by atoms with E-state index in [0.717, 1.165) is 24.4 Å². The Bertz CT molecular complexity index is 662. The first-order chi connectivity index (χ1) is 12.3. The highest BCUT2D eigenvalue weighted by atomic mass is 16.2. The summed E-state index contributed by atoms with van der Waals surface area (Å²) in [6.45, 7) is 5.31. The zero-order valence-corrected chi connectivity index (χ0v) is 15.4. The molecule has 26 heavy (non-hydrogen) atoms. The number of nitrogens with one attached hydrogen (secondary N) is 1. The van der Waals surface area contributed by atoms with Crippen LogP contribution in [0.1, 0.15) is 37.6 Å². The van der Waals surface area contributed by atoms with Crippen LogP contribution in [0.2, 0.25) is 0 Å². The van der Waals surface area contributed by atoms with Gasteiger partial charge in [-0.05, 0) is 44.9 Å². The fraction of sp³-hybridized carbons (Fsp3) is 0.526. The van der Waals surface area contributed by atoms with Gasteiger partial charge in [-0.2, -0.15) is 0 Å². The van der Waals surface area contributed by atoms with Crippen LogP contribution in [0.15, 0.2) is 18.2 Å². The number of nitrogens with zero attached hydrogens (tertiary/aromatic N) is 2. The van der Waals surface area contributed by atoms with Crippen LogP contribution in [-0.2, 0) is 20.9 Å². The van der Waals surface area contributed by atoms with E-state index >= 15 is 0 Å². The highest BCUT2D eigenvalue weighted by Gasteiger charge is 2.26. The fourth-order valence-electron chi connectivity index (χ4n) is 2.92. The van der Waals surface area contributed by atoms with Crippen LogP contribution in [-0.4, -0.2) is 46.6 Å². The molecule has 7 heteroatoms. The molecule has 1 aromatic rings. The molecular formula is C19H27N4O3. The first-order valence-electron chi connectivity index (χ1n) is 8.95. The van der Waals surface area contributed by atoms with Crippen molar-refractivity contribution in [2.75, 3.05) is 13.1 Å². The quantitative estimate of drug-likeness (QED) is 0.747. The summed E-state index contributed by atoms with van der Waals surface area (Å²) in [5.41, 5.74) is 7.07. The van der Waals surface area contributed by atoms with Gasteiger partial charge in [0.1, 0.15) is 0 Å². The maximum Gasteiger partial charge on any atom is 0.224 e. The van der Waals surface area contributed by atoms with Gasteiger partial charge < -0.3 is 11.1 Å². The number of carbonyl (C=O) groups excluding carboxylic acids is 3. The van der Waals surface area contributed by atoms with E-state index in [1.165, 1.54) is 6.42 Å². The Labute approximate surface area is 154 Å². The maximum absolute atomic E-state index is 12.5. The van der Waals surface area contributed by atoms with E-state index in [4.69, 9.17) is 5.73 Å². The highest BCUT2D eigenvalue weighted by Crippen LogP contribution is 2.12. The average Bonchev–Trinajstić information content (AvgIpc) is 2.74. The van der Waals surface area contributed by atoms with Crippen LogP contribution in [0, 0.1) is 19.3 Å². The molecule has 3 N–H and O–H groups in total. The first-order valence-corrected chi connectivity index (χ1v) is 8.95. The number of rotatable bonds is 7. The molecule has 0 aromatic carbocycles. The van der Waals surface area contributed by atoms with Crippen molar-refractivity contribution in [2.45, 2.75) is 45.7 Å². The van der Waals surface area contributed by atoms with E-state index in [0.29, 0.717) is 13.0 Å². The zero-order chi connectivity index (χ0) is 19.1. The summed E-state index contributed by atoms with van der Waals surface area (Å²) in [5.74, 6) is -1.17. The van der Waals surface area contributed by atoms with E-state index in [2.05, 4.69) is 15.2 Å². The van der Waals surface area contributed by atoms with Gasteiger partial charge in [0.05, 0.1) is 24.7 Å². The molecule has 0 bridgehead atoms. The Morgan fingerprint density at radius 1 is 1.46 bits per heavy atom. The molecule has 0 saturated carbocycles. The summed E-state index contributed by atoms with van der Waals surface area (Å²) in [6.07, 6.45) is 3.09. The zero-order valence-electron chi connectivity index (χ0n) is 15.4. The van der Waals surface area contributed by atoms with Crippen molar-refractivity contribution < 1.29 is 14.4 Å². The number of ketones is 1. The van der Waals surface area contributed by atoms with E-state index in [-0.39, 0.29) is 24.7 Å². The van der Waals surface area contributed by atoms with Crippen molar-refractivity contribution >= 4 is 17.6 Å². The molecule has 1 saturated heterocycles. The molecule has 2 atom stereocenters. The van der Waals surface area contributed by atoms with Crippen molar-refractivity contribution in [3.05, 3.63) is 36.0 Å². The molecule has 1 fully saturated rings. The van der Waals surface area contributed by atoms with Gasteiger partial charge in [-0.25, -0.2) is 0 Å². The van der Waals surface area contributed by atoms with Crippen molar-refractivity contribution in [1.82, 2.24) is 15.2 Å². The summed E-state index contributed by atoms with van der Waals surface area (Å²) in [4.78, 5) is 42.1. The maximum atomic E-state index is 12.5. The van der Waals surface area contributed by atoms with Crippen LogP contribution >= 0.6 is 0 Å². The molecule has 1 aliphatic heterocycles. The molecular weight excluding hydrogens is 332 g/mol. The second-order valence-electron chi connectivity index (χ2n) is 6.89. The van der Waals surface area contributed by atoms with Gasteiger partial charge in [-0.15, -0.1) is 0 Å². The molecule has 0 aliphatic carbocycles. The summed E-state index contributed by atoms with van der Waals surface area (Å²) in [5, 5.41) is 2.76. The minimum absolute atomic E-state index is 0.000136. The van der Waals surface area contributed by atoms with Crippen molar-refractivity contribution in [3.8, 4) is 0 Å². The number of nitrogens with two attached hydrogens (primary N) is 1. The van der Waals surface area contributed by atoms with Crippen LogP contribution in [0.4, 0.5) is 0 Å².